The number of benzene rings is 10. The van der Waals surface area contributed by atoms with E-state index in [4.69, 9.17) is 4.42 Å². The molecule has 0 atom stereocenters. The molecule has 0 spiro atoms. The van der Waals surface area contributed by atoms with Crippen molar-refractivity contribution < 1.29 is 4.42 Å². The highest BCUT2D eigenvalue weighted by atomic mass is 16.3. The predicted octanol–water partition coefficient (Wildman–Crippen LogP) is 18.7. The molecule has 0 fully saturated rings. The normalized spacial score (nSPS) is 14.0. The summed E-state index contributed by atoms with van der Waals surface area (Å²) >= 11 is 0. The van der Waals surface area contributed by atoms with Gasteiger partial charge in [0, 0.05) is 49.4 Å². The van der Waals surface area contributed by atoms with E-state index in [0.29, 0.717) is 0 Å². The van der Waals surface area contributed by atoms with E-state index in [0.717, 1.165) is 44.6 Å². The van der Waals surface area contributed by atoms with Crippen molar-refractivity contribution in [1.82, 2.24) is 4.57 Å². The van der Waals surface area contributed by atoms with Crippen molar-refractivity contribution in [2.45, 2.75) is 52.4 Å². The lowest BCUT2D eigenvalue weighted by Gasteiger charge is -2.28. The van der Waals surface area contributed by atoms with Crippen molar-refractivity contribution in [3.05, 3.63) is 240 Å². The van der Waals surface area contributed by atoms with Crippen LogP contribution in [0.1, 0.15) is 61.1 Å². The highest BCUT2D eigenvalue weighted by Crippen LogP contribution is 2.53. The van der Waals surface area contributed by atoms with E-state index < -0.39 is 0 Å². The highest BCUT2D eigenvalue weighted by Gasteiger charge is 2.37. The van der Waals surface area contributed by atoms with Gasteiger partial charge in [-0.1, -0.05) is 172 Å². The summed E-state index contributed by atoms with van der Waals surface area (Å²) < 4.78 is 9.19. The molecule has 0 saturated carbocycles. The van der Waals surface area contributed by atoms with Crippen LogP contribution < -0.4 is 4.90 Å². The Morgan fingerprint density at radius 1 is 0.380 bits per heavy atom. The molecular weight excluding hydrogens is 861 g/mol. The second-order valence-corrected chi connectivity index (χ2v) is 21.1. The van der Waals surface area contributed by atoms with Gasteiger partial charge < -0.3 is 13.9 Å². The molecule has 71 heavy (non-hydrogen) atoms. The molecule has 14 rings (SSSR count). The fourth-order valence-electron chi connectivity index (χ4n) is 12.6. The lowest BCUT2D eigenvalue weighted by atomic mass is 9.81. The number of aromatic nitrogens is 1. The van der Waals surface area contributed by atoms with Gasteiger partial charge >= 0.3 is 0 Å². The molecule has 0 amide bonds. The Morgan fingerprint density at radius 2 is 0.958 bits per heavy atom. The molecule has 3 nitrogen and oxygen atoms in total. The van der Waals surface area contributed by atoms with E-state index in [2.05, 4.69) is 251 Å². The van der Waals surface area contributed by atoms with E-state index in [1.54, 1.807) is 0 Å². The van der Waals surface area contributed by atoms with Gasteiger partial charge in [0.1, 0.15) is 5.58 Å². The number of fused-ring (bicyclic) bond motifs is 12. The molecule has 3 heteroatoms. The quantitative estimate of drug-likeness (QED) is 0.166. The lowest BCUT2D eigenvalue weighted by Crippen LogP contribution is -2.16. The maximum atomic E-state index is 6.72. The monoisotopic (exact) mass is 912 g/mol. The summed E-state index contributed by atoms with van der Waals surface area (Å²) in [5, 5.41) is 4.71. The molecule has 2 aliphatic rings. The highest BCUT2D eigenvalue weighted by molar-refractivity contribution is 6.12. The van der Waals surface area contributed by atoms with Crippen LogP contribution in [0.25, 0.3) is 93.9 Å². The molecule has 12 aromatic rings. The van der Waals surface area contributed by atoms with Crippen LogP contribution in [-0.2, 0) is 10.8 Å². The first-order valence-corrected chi connectivity index (χ1v) is 25.0. The first-order valence-electron chi connectivity index (χ1n) is 25.0. The lowest BCUT2D eigenvalue weighted by molar-refractivity contribution is 0.660. The topological polar surface area (TPSA) is 21.3 Å². The number of para-hydroxylation sites is 3. The summed E-state index contributed by atoms with van der Waals surface area (Å²) in [5.74, 6) is 0. The SMILES string of the molecule is Cc1cc(C)cc(-c2ccc3c(c2)C(C)(C)c2cc(-n4c5ccccc5c5cc(-c6ccc(N(c7ccc8c(c7)C(C)(C)c7ccccc7-8)c7cccc8c7oc7ccccc78)cc6)ccc54)ccc2-3)c1. The average molecular weight is 913 g/mol. The predicted molar refractivity (Wildman–Crippen MR) is 298 cm³/mol. The number of hydrogen-bond acceptors (Lipinski definition) is 2. The molecule has 2 heterocycles. The third-order valence-corrected chi connectivity index (χ3v) is 16.1. The van der Waals surface area contributed by atoms with Crippen molar-refractivity contribution in [1.29, 1.82) is 0 Å². The average Bonchev–Trinajstić information content (AvgIpc) is 4.07. The van der Waals surface area contributed by atoms with E-state index in [1.807, 2.05) is 6.07 Å². The summed E-state index contributed by atoms with van der Waals surface area (Å²) in [5.41, 5.74) is 26.4. The fourth-order valence-corrected chi connectivity index (χ4v) is 12.6. The number of furan rings is 1. The van der Waals surface area contributed by atoms with E-state index in [9.17, 15) is 0 Å². The Hall–Kier alpha value is -8.40. The number of hydrogen-bond donors (Lipinski definition) is 0. The molecule has 10 aromatic carbocycles. The summed E-state index contributed by atoms with van der Waals surface area (Å²) in [6, 6.07) is 76.8. The molecule has 0 saturated heterocycles. The first kappa shape index (κ1) is 41.6. The number of nitrogens with zero attached hydrogens (tertiary/aromatic N) is 2. The third-order valence-electron chi connectivity index (χ3n) is 16.1. The van der Waals surface area contributed by atoms with E-state index in [1.165, 1.54) is 99.8 Å². The van der Waals surface area contributed by atoms with Gasteiger partial charge in [-0.05, 0) is 153 Å². The maximum Gasteiger partial charge on any atom is 0.159 e. The number of rotatable bonds is 6. The Labute approximate surface area is 414 Å². The number of anilines is 3. The molecule has 0 bridgehead atoms. The van der Waals surface area contributed by atoms with Crippen LogP contribution in [0.15, 0.2) is 211 Å². The number of aryl methyl sites for hydroxylation is 2. The Balaban J connectivity index is 0.855. The Morgan fingerprint density at radius 3 is 1.77 bits per heavy atom. The summed E-state index contributed by atoms with van der Waals surface area (Å²) in [6.07, 6.45) is 0. The summed E-state index contributed by atoms with van der Waals surface area (Å²) in [7, 11) is 0. The molecule has 0 unspecified atom stereocenters. The molecule has 0 radical (unpaired) electrons. The smallest absolute Gasteiger partial charge is 0.159 e. The van der Waals surface area contributed by atoms with Gasteiger partial charge in [0.05, 0.1) is 16.7 Å². The first-order chi connectivity index (χ1) is 34.5. The Bertz CT molecular complexity index is 4180. The van der Waals surface area contributed by atoms with Crippen molar-refractivity contribution >= 4 is 60.8 Å². The second-order valence-electron chi connectivity index (χ2n) is 21.1. The molecule has 2 aliphatic carbocycles. The van der Waals surface area contributed by atoms with Crippen LogP contribution in [0, 0.1) is 13.8 Å². The maximum absolute atomic E-state index is 6.72. The fraction of sp³-hybridized carbons (Fsp3) is 0.118. The molecular formula is C68H52N2O. The van der Waals surface area contributed by atoms with Gasteiger partial charge in [-0.25, -0.2) is 0 Å². The zero-order valence-corrected chi connectivity index (χ0v) is 40.9. The zero-order chi connectivity index (χ0) is 47.9. The minimum absolute atomic E-state index is 0.139. The zero-order valence-electron chi connectivity index (χ0n) is 40.9. The third kappa shape index (κ3) is 6.15. The molecule has 0 N–H and O–H groups in total. The Kier molecular flexibility index (Phi) is 8.81. The molecule has 0 aliphatic heterocycles. The van der Waals surface area contributed by atoms with Crippen LogP contribution in [0.5, 0.6) is 0 Å². The van der Waals surface area contributed by atoms with Gasteiger partial charge in [0.2, 0.25) is 0 Å². The minimum Gasteiger partial charge on any atom is -0.454 e. The summed E-state index contributed by atoms with van der Waals surface area (Å²) in [4.78, 5) is 2.38. The summed E-state index contributed by atoms with van der Waals surface area (Å²) in [6.45, 7) is 13.9. The van der Waals surface area contributed by atoms with Gasteiger partial charge in [-0.15, -0.1) is 0 Å². The van der Waals surface area contributed by atoms with Crippen molar-refractivity contribution in [2.24, 2.45) is 0 Å². The molecule has 340 valence electrons. The van der Waals surface area contributed by atoms with Crippen molar-refractivity contribution in [3.8, 4) is 50.2 Å². The van der Waals surface area contributed by atoms with Gasteiger partial charge in [0.15, 0.2) is 5.58 Å². The largest absolute Gasteiger partial charge is 0.454 e. The minimum atomic E-state index is -0.162. The van der Waals surface area contributed by atoms with Crippen LogP contribution in [0.3, 0.4) is 0 Å². The van der Waals surface area contributed by atoms with Crippen LogP contribution >= 0.6 is 0 Å². The van der Waals surface area contributed by atoms with E-state index >= 15 is 0 Å². The van der Waals surface area contributed by atoms with Crippen LogP contribution in [0.4, 0.5) is 17.1 Å². The van der Waals surface area contributed by atoms with E-state index in [-0.39, 0.29) is 10.8 Å². The van der Waals surface area contributed by atoms with Gasteiger partial charge in [-0.2, -0.15) is 0 Å². The standard InChI is InChI=1S/C68H52N2O/c1-41-34-42(2)36-46(35-41)45-24-30-51-53-32-29-49(40-61(53)68(5,6)59(51)38-45)70-62-19-11-8-15-54(62)57-37-44(25-33-63(57)70)43-22-26-47(27-23-43)69(64-20-13-17-56-55-16-9-12-21-65(55)71-66(56)64)48-28-31-52-50-14-7-10-18-58(50)67(3,4)60(52)39-48/h7-40H,1-6H3. The van der Waals surface area contributed by atoms with Crippen LogP contribution in [0.2, 0.25) is 0 Å². The molecule has 2 aromatic heterocycles. The van der Waals surface area contributed by atoms with Crippen molar-refractivity contribution in [3.63, 3.8) is 0 Å². The van der Waals surface area contributed by atoms with Gasteiger partial charge in [-0.3, -0.25) is 0 Å². The van der Waals surface area contributed by atoms with Crippen molar-refractivity contribution in [2.75, 3.05) is 4.90 Å². The van der Waals surface area contributed by atoms with Crippen LogP contribution in [-0.4, -0.2) is 4.57 Å². The van der Waals surface area contributed by atoms with Gasteiger partial charge in [0.25, 0.3) is 0 Å². The second kappa shape index (κ2) is 15.1.